The lowest BCUT2D eigenvalue weighted by molar-refractivity contribution is -0.0944. The first-order valence-electron chi connectivity index (χ1n) is 5.07. The smallest absolute Gasteiger partial charge is 0.382 e. The summed E-state index contributed by atoms with van der Waals surface area (Å²) in [7, 11) is 0. The second kappa shape index (κ2) is 4.23. The number of rotatable bonds is 1. The maximum absolute atomic E-state index is 12.4. The van der Waals surface area contributed by atoms with Crippen molar-refractivity contribution in [2.75, 3.05) is 23.7 Å². The van der Waals surface area contributed by atoms with Crippen LogP contribution in [0.4, 0.5) is 24.8 Å². The van der Waals surface area contributed by atoms with Gasteiger partial charge in [0.05, 0.1) is 0 Å². The Morgan fingerprint density at radius 1 is 1.24 bits per heavy atom. The molecule has 0 amide bonds. The van der Waals surface area contributed by atoms with Crippen molar-refractivity contribution < 1.29 is 13.2 Å². The second-order valence-electron chi connectivity index (χ2n) is 3.74. The zero-order valence-corrected chi connectivity index (χ0v) is 8.91. The topological polar surface area (TPSA) is 55.0 Å². The van der Waals surface area contributed by atoms with Gasteiger partial charge in [-0.25, -0.2) is 0 Å². The van der Waals surface area contributed by atoms with Crippen molar-refractivity contribution >= 4 is 11.6 Å². The van der Waals surface area contributed by atoms with Gasteiger partial charge in [-0.15, -0.1) is 10.2 Å². The standard InChI is InChI=1S/C10H11F3N4/c11-10(12,13)7-3-5-17(6-4-7)9-2-1-8(14)15-16-9/h1-3H,4-6H2,(H2,14,15). The Bertz CT molecular complexity index is 424. The van der Waals surface area contributed by atoms with Crippen LogP contribution in [0.3, 0.4) is 0 Å². The van der Waals surface area contributed by atoms with Crippen LogP contribution in [0.25, 0.3) is 0 Å². The molecule has 0 aliphatic carbocycles. The zero-order chi connectivity index (χ0) is 12.5. The van der Waals surface area contributed by atoms with Gasteiger partial charge in [0.2, 0.25) is 0 Å². The number of hydrogen-bond acceptors (Lipinski definition) is 4. The highest BCUT2D eigenvalue weighted by Gasteiger charge is 2.34. The molecule has 2 heterocycles. The van der Waals surface area contributed by atoms with E-state index in [1.807, 2.05) is 0 Å². The summed E-state index contributed by atoms with van der Waals surface area (Å²) in [5, 5.41) is 7.49. The van der Waals surface area contributed by atoms with Crippen molar-refractivity contribution in [3.63, 3.8) is 0 Å². The molecule has 17 heavy (non-hydrogen) atoms. The normalized spacial score (nSPS) is 16.9. The minimum atomic E-state index is -4.22. The summed E-state index contributed by atoms with van der Waals surface area (Å²) in [5.41, 5.74) is 4.91. The summed E-state index contributed by atoms with van der Waals surface area (Å²) in [6.07, 6.45) is -3.07. The summed E-state index contributed by atoms with van der Waals surface area (Å²) < 4.78 is 37.2. The Hall–Kier alpha value is -1.79. The third kappa shape index (κ3) is 2.66. The Morgan fingerprint density at radius 3 is 2.47 bits per heavy atom. The molecule has 0 saturated heterocycles. The molecule has 0 saturated carbocycles. The van der Waals surface area contributed by atoms with Crippen molar-refractivity contribution in [3.8, 4) is 0 Å². The quantitative estimate of drug-likeness (QED) is 0.765. The van der Waals surface area contributed by atoms with E-state index in [2.05, 4.69) is 10.2 Å². The molecule has 0 bridgehead atoms. The van der Waals surface area contributed by atoms with E-state index in [-0.39, 0.29) is 25.3 Å². The Kier molecular flexibility index (Phi) is 2.91. The molecule has 7 heteroatoms. The van der Waals surface area contributed by atoms with Gasteiger partial charge in [0, 0.05) is 18.7 Å². The first kappa shape index (κ1) is 11.7. The van der Waals surface area contributed by atoms with Crippen molar-refractivity contribution in [3.05, 3.63) is 23.8 Å². The van der Waals surface area contributed by atoms with Crippen LogP contribution >= 0.6 is 0 Å². The summed E-state index contributed by atoms with van der Waals surface area (Å²) >= 11 is 0. The maximum Gasteiger partial charge on any atom is 0.412 e. The average molecular weight is 244 g/mol. The zero-order valence-electron chi connectivity index (χ0n) is 8.91. The van der Waals surface area contributed by atoms with Crippen molar-refractivity contribution in [2.45, 2.75) is 12.6 Å². The molecule has 0 radical (unpaired) electrons. The number of hydrogen-bond donors (Lipinski definition) is 1. The molecule has 92 valence electrons. The molecule has 0 spiro atoms. The Morgan fingerprint density at radius 2 is 2.00 bits per heavy atom. The number of halogens is 3. The lowest BCUT2D eigenvalue weighted by atomic mass is 10.1. The predicted molar refractivity (Wildman–Crippen MR) is 57.4 cm³/mol. The molecule has 2 N–H and O–H groups in total. The van der Waals surface area contributed by atoms with Crippen LogP contribution in [-0.4, -0.2) is 29.5 Å². The van der Waals surface area contributed by atoms with E-state index in [9.17, 15) is 13.2 Å². The molecular weight excluding hydrogens is 233 g/mol. The highest BCUT2D eigenvalue weighted by Crippen LogP contribution is 2.30. The number of nitrogens with two attached hydrogens (primary N) is 1. The van der Waals surface area contributed by atoms with Gasteiger partial charge in [0.15, 0.2) is 5.82 Å². The highest BCUT2D eigenvalue weighted by molar-refractivity contribution is 5.43. The molecule has 1 aromatic heterocycles. The van der Waals surface area contributed by atoms with Crippen LogP contribution in [0.1, 0.15) is 6.42 Å². The van der Waals surface area contributed by atoms with E-state index in [1.54, 1.807) is 17.0 Å². The van der Waals surface area contributed by atoms with Gasteiger partial charge in [0.1, 0.15) is 5.82 Å². The number of anilines is 2. The van der Waals surface area contributed by atoms with E-state index < -0.39 is 11.7 Å². The van der Waals surface area contributed by atoms with E-state index in [4.69, 9.17) is 5.73 Å². The van der Waals surface area contributed by atoms with Gasteiger partial charge >= 0.3 is 6.18 Å². The first-order chi connectivity index (χ1) is 7.97. The second-order valence-corrected chi connectivity index (χ2v) is 3.74. The number of nitrogens with zero attached hydrogens (tertiary/aromatic N) is 3. The highest BCUT2D eigenvalue weighted by atomic mass is 19.4. The van der Waals surface area contributed by atoms with Crippen LogP contribution < -0.4 is 10.6 Å². The molecular formula is C10H11F3N4. The number of aromatic nitrogens is 2. The SMILES string of the molecule is Nc1ccc(N2CC=C(C(F)(F)F)CC2)nn1. The molecule has 0 fully saturated rings. The summed E-state index contributed by atoms with van der Waals surface area (Å²) in [6, 6.07) is 3.22. The Labute approximate surface area is 95.9 Å². The monoisotopic (exact) mass is 244 g/mol. The minimum absolute atomic E-state index is 0.0322. The molecule has 0 unspecified atom stereocenters. The van der Waals surface area contributed by atoms with Crippen LogP contribution in [-0.2, 0) is 0 Å². The van der Waals surface area contributed by atoms with Crippen molar-refractivity contribution in [2.24, 2.45) is 0 Å². The lowest BCUT2D eigenvalue weighted by Gasteiger charge is -2.27. The first-order valence-corrected chi connectivity index (χ1v) is 5.07. The molecule has 1 aliphatic rings. The summed E-state index contributed by atoms with van der Waals surface area (Å²) in [4.78, 5) is 1.72. The van der Waals surface area contributed by atoms with Crippen LogP contribution in [0.5, 0.6) is 0 Å². The van der Waals surface area contributed by atoms with Gasteiger partial charge in [-0.3, -0.25) is 0 Å². The summed E-state index contributed by atoms with van der Waals surface area (Å²) in [5.74, 6) is 0.828. The van der Waals surface area contributed by atoms with E-state index >= 15 is 0 Å². The molecule has 0 atom stereocenters. The third-order valence-electron chi connectivity index (χ3n) is 2.57. The minimum Gasteiger partial charge on any atom is -0.382 e. The van der Waals surface area contributed by atoms with Gasteiger partial charge in [-0.2, -0.15) is 13.2 Å². The van der Waals surface area contributed by atoms with Crippen molar-refractivity contribution in [1.82, 2.24) is 10.2 Å². The molecule has 4 nitrogen and oxygen atoms in total. The van der Waals surface area contributed by atoms with E-state index in [0.29, 0.717) is 5.82 Å². The van der Waals surface area contributed by atoms with Gasteiger partial charge in [-0.05, 0) is 18.6 Å². The number of nitrogen functional groups attached to an aromatic ring is 1. The molecule has 0 aromatic carbocycles. The summed E-state index contributed by atoms with van der Waals surface area (Å²) in [6.45, 7) is 0.470. The average Bonchev–Trinajstić information content (AvgIpc) is 2.29. The molecule has 1 aliphatic heterocycles. The van der Waals surface area contributed by atoms with Gasteiger partial charge < -0.3 is 10.6 Å². The number of alkyl halides is 3. The lowest BCUT2D eigenvalue weighted by Crippen LogP contribution is -2.32. The predicted octanol–water partition coefficient (Wildman–Crippen LogP) is 1.76. The molecule has 2 rings (SSSR count). The van der Waals surface area contributed by atoms with Crippen molar-refractivity contribution in [1.29, 1.82) is 0 Å². The fourth-order valence-electron chi connectivity index (χ4n) is 1.64. The Balaban J connectivity index is 2.09. The third-order valence-corrected chi connectivity index (χ3v) is 2.57. The van der Waals surface area contributed by atoms with Crippen LogP contribution in [0, 0.1) is 0 Å². The van der Waals surface area contributed by atoms with E-state index in [1.165, 1.54) is 6.08 Å². The van der Waals surface area contributed by atoms with Crippen LogP contribution in [0.2, 0.25) is 0 Å². The fraction of sp³-hybridized carbons (Fsp3) is 0.400. The fourth-order valence-corrected chi connectivity index (χ4v) is 1.64. The molecule has 1 aromatic rings. The van der Waals surface area contributed by atoms with Gasteiger partial charge in [-0.1, -0.05) is 6.08 Å². The van der Waals surface area contributed by atoms with Gasteiger partial charge in [0.25, 0.3) is 0 Å². The van der Waals surface area contributed by atoms with Crippen LogP contribution in [0.15, 0.2) is 23.8 Å². The largest absolute Gasteiger partial charge is 0.412 e. The maximum atomic E-state index is 12.4. The van der Waals surface area contributed by atoms with E-state index in [0.717, 1.165) is 0 Å².